The highest BCUT2D eigenvalue weighted by Crippen LogP contribution is 2.27. The third kappa shape index (κ3) is 4.09. The maximum Gasteiger partial charge on any atom is 0.322 e. The number of hydrogen-bond acceptors (Lipinski definition) is 6. The number of rotatable bonds is 5. The molecule has 26 heavy (non-hydrogen) atoms. The van der Waals surface area contributed by atoms with E-state index >= 15 is 0 Å². The zero-order valence-corrected chi connectivity index (χ0v) is 16.3. The molecule has 0 saturated carbocycles. The molecule has 7 nitrogen and oxygen atoms in total. The average molecular weight is 377 g/mol. The number of ether oxygens (including phenoxy) is 2. The van der Waals surface area contributed by atoms with Crippen molar-refractivity contribution < 1.29 is 19.1 Å². The fourth-order valence-corrected chi connectivity index (χ4v) is 3.71. The van der Waals surface area contributed by atoms with Gasteiger partial charge in [0.1, 0.15) is 11.5 Å². The van der Waals surface area contributed by atoms with E-state index in [1.165, 1.54) is 0 Å². The first-order valence-corrected chi connectivity index (χ1v) is 9.21. The van der Waals surface area contributed by atoms with Gasteiger partial charge in [-0.1, -0.05) is 0 Å². The molecule has 1 unspecified atom stereocenters. The zero-order chi connectivity index (χ0) is 19.3. The summed E-state index contributed by atoms with van der Waals surface area (Å²) >= 11 is -1.33. The van der Waals surface area contributed by atoms with E-state index in [4.69, 9.17) is 14.6 Å². The number of aromatic nitrogens is 3. The lowest BCUT2D eigenvalue weighted by Crippen LogP contribution is -2.10. The van der Waals surface area contributed by atoms with Crippen molar-refractivity contribution in [3.05, 3.63) is 41.2 Å². The van der Waals surface area contributed by atoms with Crippen LogP contribution in [-0.4, -0.2) is 45.9 Å². The summed E-state index contributed by atoms with van der Waals surface area (Å²) in [7, 11) is 4.23. The van der Waals surface area contributed by atoms with Gasteiger partial charge in [0, 0.05) is 41.7 Å². The molecule has 0 aliphatic carbocycles. The number of aliphatic hydroxyl groups excluding tert-OH is 1. The molecule has 2 N–H and O–H groups in total. The molecule has 0 fully saturated rings. The number of hydrogen-bond donors (Lipinski definition) is 2. The maximum absolute atomic E-state index is 12.7. The molecule has 1 aromatic carbocycles. The summed E-state index contributed by atoms with van der Waals surface area (Å²) in [5, 5.41) is 7.43. The van der Waals surface area contributed by atoms with Gasteiger partial charge in [-0.15, -0.1) is 0 Å². The van der Waals surface area contributed by atoms with Crippen LogP contribution < -0.4 is 9.47 Å². The zero-order valence-electron chi connectivity index (χ0n) is 15.5. The molecule has 3 aromatic rings. The van der Waals surface area contributed by atoms with Crippen LogP contribution in [-0.2, 0) is 16.9 Å². The molecule has 0 spiro atoms. The van der Waals surface area contributed by atoms with Gasteiger partial charge in [-0.3, -0.25) is 9.97 Å². The minimum absolute atomic E-state index is 0.277. The number of nitrogens with zero attached hydrogens (tertiary/aromatic N) is 2. The predicted molar refractivity (Wildman–Crippen MR) is 101 cm³/mol. The molecule has 0 aliphatic rings. The molecule has 140 valence electrons. The Hall–Kier alpha value is -2.29. The van der Waals surface area contributed by atoms with Crippen molar-refractivity contribution in [3.8, 4) is 11.5 Å². The Morgan fingerprint density at radius 3 is 2.58 bits per heavy atom. The Kier molecular flexibility index (Phi) is 6.84. The number of imidazole rings is 1. The summed E-state index contributed by atoms with van der Waals surface area (Å²) in [6, 6.07) is 5.51. The predicted octanol–water partition coefficient (Wildman–Crippen LogP) is 2.51. The molecule has 2 aromatic heterocycles. The van der Waals surface area contributed by atoms with E-state index in [0.717, 1.165) is 40.7 Å². The molecule has 1 atom stereocenters. The number of aromatic amines is 1. The molecular formula is C18H23N3O4S. The summed E-state index contributed by atoms with van der Waals surface area (Å²) in [6.45, 7) is 3.86. The van der Waals surface area contributed by atoms with Gasteiger partial charge in [0.15, 0.2) is 5.75 Å². The number of aryl methyl sites for hydroxylation is 1. The Bertz CT molecular complexity index is 882. The summed E-state index contributed by atoms with van der Waals surface area (Å²) in [5.74, 6) is 1.78. The van der Waals surface area contributed by atoms with Crippen LogP contribution >= 0.6 is 0 Å². The minimum Gasteiger partial charge on any atom is -0.609 e. The normalized spacial score (nSPS) is 11.7. The highest BCUT2D eigenvalue weighted by Gasteiger charge is 2.21. The third-order valence-corrected chi connectivity index (χ3v) is 5.06. The Balaban J connectivity index is 0.00000117. The first-order chi connectivity index (χ1) is 12.5. The summed E-state index contributed by atoms with van der Waals surface area (Å²) in [4.78, 5) is 11.9. The molecular weight excluding hydrogens is 354 g/mol. The topological polar surface area (TPSA) is 103 Å². The third-order valence-electron chi connectivity index (χ3n) is 3.90. The largest absolute Gasteiger partial charge is 0.609 e. The van der Waals surface area contributed by atoms with E-state index in [1.54, 1.807) is 20.4 Å². The number of fused-ring (bicyclic) bond motifs is 1. The van der Waals surface area contributed by atoms with Crippen molar-refractivity contribution in [1.82, 2.24) is 15.0 Å². The second kappa shape index (κ2) is 8.88. The van der Waals surface area contributed by atoms with Crippen LogP contribution in [0, 0.1) is 13.8 Å². The highest BCUT2D eigenvalue weighted by molar-refractivity contribution is 7.90. The van der Waals surface area contributed by atoms with Crippen molar-refractivity contribution in [1.29, 1.82) is 0 Å². The molecule has 8 heteroatoms. The molecule has 2 heterocycles. The minimum atomic E-state index is -1.33. The molecule has 0 aliphatic heterocycles. The van der Waals surface area contributed by atoms with Crippen LogP contribution in [0.5, 0.6) is 11.5 Å². The Labute approximate surface area is 155 Å². The Morgan fingerprint density at radius 2 is 1.92 bits per heavy atom. The van der Waals surface area contributed by atoms with Gasteiger partial charge < -0.3 is 19.1 Å². The molecule has 0 saturated heterocycles. The number of H-pyrrole nitrogens is 1. The molecule has 0 amide bonds. The van der Waals surface area contributed by atoms with Gasteiger partial charge in [-0.25, -0.2) is 0 Å². The molecule has 0 bridgehead atoms. The first-order valence-electron chi connectivity index (χ1n) is 7.89. The van der Waals surface area contributed by atoms with E-state index in [-0.39, 0.29) is 5.75 Å². The monoisotopic (exact) mass is 377 g/mol. The lowest BCUT2D eigenvalue weighted by Gasteiger charge is -2.13. The molecule has 3 rings (SSSR count). The van der Waals surface area contributed by atoms with Crippen LogP contribution in [0.2, 0.25) is 0 Å². The highest BCUT2D eigenvalue weighted by atomic mass is 32.2. The van der Waals surface area contributed by atoms with Crippen molar-refractivity contribution in [2.24, 2.45) is 0 Å². The van der Waals surface area contributed by atoms with Crippen molar-refractivity contribution in [3.63, 3.8) is 0 Å². The van der Waals surface area contributed by atoms with Crippen LogP contribution in [0.3, 0.4) is 0 Å². The van der Waals surface area contributed by atoms with E-state index in [9.17, 15) is 4.55 Å². The van der Waals surface area contributed by atoms with Crippen molar-refractivity contribution in [2.75, 3.05) is 21.3 Å². The Morgan fingerprint density at radius 1 is 1.19 bits per heavy atom. The standard InChI is InChI=1S/C17H19N3O3S.CH4O/c1-10-8-18-15(11(2)16(10)23-4)9-24(21)17-19-13-6-5-12(22-3)7-14(13)20-17;1-2/h5-8H,9H2,1-4H3,(H,19,20);2H,1H3. The van der Waals surface area contributed by atoms with Crippen LogP contribution in [0.15, 0.2) is 29.6 Å². The fraction of sp³-hybridized carbons (Fsp3) is 0.333. The van der Waals surface area contributed by atoms with Gasteiger partial charge >= 0.3 is 5.16 Å². The number of pyridine rings is 1. The molecule has 0 radical (unpaired) electrons. The van der Waals surface area contributed by atoms with E-state index in [1.807, 2.05) is 32.0 Å². The average Bonchev–Trinajstić information content (AvgIpc) is 3.09. The van der Waals surface area contributed by atoms with E-state index in [0.29, 0.717) is 10.9 Å². The van der Waals surface area contributed by atoms with Crippen LogP contribution in [0.25, 0.3) is 11.0 Å². The number of nitrogens with one attached hydrogen (secondary N) is 1. The van der Waals surface area contributed by atoms with Crippen molar-refractivity contribution in [2.45, 2.75) is 24.8 Å². The van der Waals surface area contributed by atoms with Gasteiger partial charge in [0.2, 0.25) is 0 Å². The number of methoxy groups -OCH3 is 2. The SMILES string of the molecule is CO.COc1ccc2[nH]c([S+]([O-])Cc3ncc(C)c(OC)c3C)nc2c1. The van der Waals surface area contributed by atoms with Gasteiger partial charge in [0.25, 0.3) is 0 Å². The van der Waals surface area contributed by atoms with E-state index < -0.39 is 11.2 Å². The summed E-state index contributed by atoms with van der Waals surface area (Å²) < 4.78 is 23.3. The maximum atomic E-state index is 12.7. The van der Waals surface area contributed by atoms with Gasteiger partial charge in [0.05, 0.1) is 30.9 Å². The quantitative estimate of drug-likeness (QED) is 0.662. The van der Waals surface area contributed by atoms with Gasteiger partial charge in [-0.05, 0) is 26.0 Å². The summed E-state index contributed by atoms with van der Waals surface area (Å²) in [6.07, 6.45) is 1.74. The second-order valence-corrected chi connectivity index (χ2v) is 6.83. The number of benzene rings is 1. The smallest absolute Gasteiger partial charge is 0.322 e. The van der Waals surface area contributed by atoms with Crippen molar-refractivity contribution >= 4 is 22.2 Å². The van der Waals surface area contributed by atoms with E-state index in [2.05, 4.69) is 15.0 Å². The summed E-state index contributed by atoms with van der Waals surface area (Å²) in [5.41, 5.74) is 4.16. The first kappa shape index (κ1) is 20.0. The second-order valence-electron chi connectivity index (χ2n) is 5.46. The fourth-order valence-electron chi connectivity index (χ4n) is 2.61. The van der Waals surface area contributed by atoms with Crippen LogP contribution in [0.1, 0.15) is 16.8 Å². The van der Waals surface area contributed by atoms with Crippen LogP contribution in [0.4, 0.5) is 0 Å². The number of aliphatic hydroxyl groups is 1. The lowest BCUT2D eigenvalue weighted by molar-refractivity contribution is 0.399. The van der Waals surface area contributed by atoms with Gasteiger partial charge in [-0.2, -0.15) is 4.98 Å². The lowest BCUT2D eigenvalue weighted by atomic mass is 10.1.